The number of hydrogen-bond donors (Lipinski definition) is 1. The summed E-state index contributed by atoms with van der Waals surface area (Å²) in [7, 11) is 0. The first-order valence-corrected chi connectivity index (χ1v) is 8.25. The van der Waals surface area contributed by atoms with E-state index < -0.39 is 0 Å². The van der Waals surface area contributed by atoms with E-state index in [1.165, 1.54) is 42.4 Å². The van der Waals surface area contributed by atoms with E-state index in [4.69, 9.17) is 0 Å². The summed E-state index contributed by atoms with van der Waals surface area (Å²) in [5, 5.41) is 5.01. The molecule has 1 atom stereocenters. The normalized spacial score (nSPS) is 30.8. The van der Waals surface area contributed by atoms with E-state index in [0.717, 1.165) is 12.5 Å². The van der Waals surface area contributed by atoms with Gasteiger partial charge >= 0.3 is 0 Å². The molecule has 106 valence electrons. The van der Waals surface area contributed by atoms with Gasteiger partial charge < -0.3 is 10.2 Å². The topological polar surface area (TPSA) is 28.2 Å². The molecule has 0 aromatic carbocycles. The summed E-state index contributed by atoms with van der Waals surface area (Å²) in [5.74, 6) is 0.903. The second kappa shape index (κ2) is 5.15. The molecule has 3 saturated heterocycles. The number of nitrogens with zero attached hydrogens (tertiary/aromatic N) is 2. The zero-order chi connectivity index (χ0) is 13.5. The van der Waals surface area contributed by atoms with Crippen molar-refractivity contribution in [3.63, 3.8) is 0 Å². The molecule has 3 aliphatic heterocycles. The van der Waals surface area contributed by atoms with Crippen molar-refractivity contribution in [2.24, 2.45) is 5.92 Å². The molecule has 0 amide bonds. The highest BCUT2D eigenvalue weighted by Crippen LogP contribution is 2.29. The highest BCUT2D eigenvalue weighted by molar-refractivity contribution is 7.11. The number of rotatable bonds is 3. The van der Waals surface area contributed by atoms with Crippen LogP contribution in [0.15, 0.2) is 6.20 Å². The van der Waals surface area contributed by atoms with Gasteiger partial charge in [0.25, 0.3) is 0 Å². The van der Waals surface area contributed by atoms with Crippen molar-refractivity contribution >= 4 is 11.3 Å². The van der Waals surface area contributed by atoms with E-state index in [1.54, 1.807) is 0 Å². The average Bonchev–Trinajstić information content (AvgIpc) is 2.86. The Bertz CT molecular complexity index is 427. The summed E-state index contributed by atoms with van der Waals surface area (Å²) >= 11 is 1.86. The Labute approximate surface area is 120 Å². The minimum absolute atomic E-state index is 0.179. The SMILES string of the molecule is CC(C)(C)c1ncc(CNC2CN3CCC2CC3)s1. The predicted octanol–water partition coefficient (Wildman–Crippen LogP) is 2.62. The monoisotopic (exact) mass is 279 g/mol. The third-order valence-corrected chi connectivity index (χ3v) is 5.81. The predicted molar refractivity (Wildman–Crippen MR) is 80.6 cm³/mol. The summed E-state index contributed by atoms with van der Waals surface area (Å²) in [4.78, 5) is 8.55. The Morgan fingerprint density at radius 3 is 2.63 bits per heavy atom. The van der Waals surface area contributed by atoms with Gasteiger partial charge in [0.05, 0.1) is 5.01 Å². The maximum absolute atomic E-state index is 4.57. The average molecular weight is 279 g/mol. The molecule has 3 nitrogen and oxygen atoms in total. The third-order valence-electron chi connectivity index (χ3n) is 4.39. The second-order valence-corrected chi connectivity index (χ2v) is 8.12. The molecule has 0 saturated carbocycles. The lowest BCUT2D eigenvalue weighted by atomic mass is 9.84. The van der Waals surface area contributed by atoms with Crippen LogP contribution >= 0.6 is 11.3 Å². The van der Waals surface area contributed by atoms with Crippen LogP contribution in [0.25, 0.3) is 0 Å². The van der Waals surface area contributed by atoms with Gasteiger partial charge in [-0.3, -0.25) is 0 Å². The second-order valence-electron chi connectivity index (χ2n) is 7.01. The van der Waals surface area contributed by atoms with E-state index in [0.29, 0.717) is 6.04 Å². The fourth-order valence-electron chi connectivity index (χ4n) is 3.16. The maximum Gasteiger partial charge on any atom is 0.0981 e. The van der Waals surface area contributed by atoms with E-state index in [2.05, 4.69) is 42.2 Å². The summed E-state index contributed by atoms with van der Waals surface area (Å²) < 4.78 is 0. The van der Waals surface area contributed by atoms with E-state index >= 15 is 0 Å². The van der Waals surface area contributed by atoms with Gasteiger partial charge in [0.1, 0.15) is 0 Å². The molecule has 0 spiro atoms. The van der Waals surface area contributed by atoms with Gasteiger partial charge in [0, 0.05) is 35.6 Å². The fourth-order valence-corrected chi connectivity index (χ4v) is 4.08. The van der Waals surface area contributed by atoms with Crippen LogP contribution in [0.5, 0.6) is 0 Å². The first kappa shape index (κ1) is 13.5. The first-order chi connectivity index (χ1) is 9.02. The van der Waals surface area contributed by atoms with Crippen LogP contribution < -0.4 is 5.32 Å². The molecule has 1 aromatic rings. The van der Waals surface area contributed by atoms with E-state index in [9.17, 15) is 0 Å². The number of thiazole rings is 1. The molecule has 1 N–H and O–H groups in total. The van der Waals surface area contributed by atoms with E-state index in [1.807, 2.05) is 11.3 Å². The van der Waals surface area contributed by atoms with Crippen LogP contribution in [-0.4, -0.2) is 35.6 Å². The molecule has 4 rings (SSSR count). The number of fused-ring (bicyclic) bond motifs is 3. The van der Waals surface area contributed by atoms with Gasteiger partial charge in [0.15, 0.2) is 0 Å². The summed E-state index contributed by atoms with van der Waals surface area (Å²) in [6.45, 7) is 11.6. The molecule has 4 heterocycles. The van der Waals surface area contributed by atoms with Crippen molar-refractivity contribution in [2.75, 3.05) is 19.6 Å². The van der Waals surface area contributed by atoms with E-state index in [-0.39, 0.29) is 5.41 Å². The molecular weight excluding hydrogens is 254 g/mol. The molecule has 0 radical (unpaired) electrons. The van der Waals surface area contributed by atoms with Gasteiger partial charge in [-0.15, -0.1) is 11.3 Å². The Morgan fingerprint density at radius 1 is 1.37 bits per heavy atom. The largest absolute Gasteiger partial charge is 0.307 e. The maximum atomic E-state index is 4.57. The highest BCUT2D eigenvalue weighted by Gasteiger charge is 2.33. The lowest BCUT2D eigenvalue weighted by Gasteiger charge is -2.45. The minimum atomic E-state index is 0.179. The van der Waals surface area contributed by atoms with Gasteiger partial charge in [0.2, 0.25) is 0 Å². The molecule has 3 fully saturated rings. The number of aromatic nitrogens is 1. The van der Waals surface area contributed by atoms with Gasteiger partial charge in [-0.1, -0.05) is 20.8 Å². The zero-order valence-corrected chi connectivity index (χ0v) is 13.1. The molecule has 19 heavy (non-hydrogen) atoms. The van der Waals surface area contributed by atoms with Gasteiger partial charge in [-0.05, 0) is 31.8 Å². The quantitative estimate of drug-likeness (QED) is 0.922. The Kier molecular flexibility index (Phi) is 3.67. The number of piperidine rings is 3. The highest BCUT2D eigenvalue weighted by atomic mass is 32.1. The molecule has 1 unspecified atom stereocenters. The van der Waals surface area contributed by atoms with Crippen molar-refractivity contribution in [3.8, 4) is 0 Å². The van der Waals surface area contributed by atoms with Crippen molar-refractivity contribution in [3.05, 3.63) is 16.1 Å². The van der Waals surface area contributed by atoms with Crippen LogP contribution in [0.3, 0.4) is 0 Å². The van der Waals surface area contributed by atoms with Crippen LogP contribution in [-0.2, 0) is 12.0 Å². The van der Waals surface area contributed by atoms with Crippen LogP contribution in [0.2, 0.25) is 0 Å². The summed E-state index contributed by atoms with van der Waals surface area (Å²) in [6, 6.07) is 0.697. The molecule has 4 heteroatoms. The molecular formula is C15H25N3S. The standard InChI is InChI=1S/C15H25N3S/c1-15(2,3)14-17-9-12(19-14)8-16-13-10-18-6-4-11(13)5-7-18/h9,11,13,16H,4-8,10H2,1-3H3. The van der Waals surface area contributed by atoms with Crippen molar-refractivity contribution in [2.45, 2.75) is 51.6 Å². The Hall–Kier alpha value is -0.450. The Morgan fingerprint density at radius 2 is 2.11 bits per heavy atom. The van der Waals surface area contributed by atoms with Crippen LogP contribution in [0.1, 0.15) is 43.5 Å². The molecule has 3 aliphatic rings. The smallest absolute Gasteiger partial charge is 0.0981 e. The lowest BCUT2D eigenvalue weighted by molar-refractivity contribution is 0.0721. The zero-order valence-electron chi connectivity index (χ0n) is 12.3. The summed E-state index contributed by atoms with van der Waals surface area (Å²) in [5.41, 5.74) is 0.179. The third kappa shape index (κ3) is 3.01. The summed E-state index contributed by atoms with van der Waals surface area (Å²) in [6.07, 6.45) is 4.82. The van der Waals surface area contributed by atoms with Crippen molar-refractivity contribution < 1.29 is 0 Å². The minimum Gasteiger partial charge on any atom is -0.307 e. The van der Waals surface area contributed by atoms with Crippen molar-refractivity contribution in [1.82, 2.24) is 15.2 Å². The molecule has 0 aliphatic carbocycles. The van der Waals surface area contributed by atoms with Gasteiger partial charge in [-0.25, -0.2) is 4.98 Å². The van der Waals surface area contributed by atoms with Gasteiger partial charge in [-0.2, -0.15) is 0 Å². The number of hydrogen-bond acceptors (Lipinski definition) is 4. The number of nitrogens with one attached hydrogen (secondary N) is 1. The lowest BCUT2D eigenvalue weighted by Crippen LogP contribution is -2.55. The fraction of sp³-hybridized carbons (Fsp3) is 0.800. The Balaban J connectivity index is 1.56. The van der Waals surface area contributed by atoms with Crippen LogP contribution in [0.4, 0.5) is 0 Å². The molecule has 1 aromatic heterocycles. The van der Waals surface area contributed by atoms with Crippen molar-refractivity contribution in [1.29, 1.82) is 0 Å². The van der Waals surface area contributed by atoms with Crippen LogP contribution in [0, 0.1) is 5.92 Å². The first-order valence-electron chi connectivity index (χ1n) is 7.43. The molecule has 2 bridgehead atoms.